The third-order valence-corrected chi connectivity index (χ3v) is 6.37. The van der Waals surface area contributed by atoms with Crippen LogP contribution in [0.15, 0.2) is 12.1 Å². The first-order valence-electron chi connectivity index (χ1n) is 9.91. The van der Waals surface area contributed by atoms with Crippen molar-refractivity contribution in [3.05, 3.63) is 29.2 Å². The van der Waals surface area contributed by atoms with Gasteiger partial charge in [0, 0.05) is 36.9 Å². The number of hydrogen-bond donors (Lipinski definition) is 0. The third kappa shape index (κ3) is 3.34. The highest BCUT2D eigenvalue weighted by Gasteiger charge is 2.41. The van der Waals surface area contributed by atoms with Crippen LogP contribution in [-0.2, 0) is 0 Å². The Morgan fingerprint density at radius 1 is 1.07 bits per heavy atom. The molecular formula is C20H30N6O. The molecule has 0 bridgehead atoms. The zero-order chi connectivity index (χ0) is 19.2. The van der Waals surface area contributed by atoms with Gasteiger partial charge in [0.15, 0.2) is 5.65 Å². The lowest BCUT2D eigenvalue weighted by atomic mass is 9.85. The molecule has 1 spiro atoms. The summed E-state index contributed by atoms with van der Waals surface area (Å²) >= 11 is 0. The van der Waals surface area contributed by atoms with Gasteiger partial charge in [-0.25, -0.2) is 9.50 Å². The number of amides is 1. The third-order valence-electron chi connectivity index (χ3n) is 6.37. The van der Waals surface area contributed by atoms with Crippen molar-refractivity contribution < 1.29 is 4.79 Å². The van der Waals surface area contributed by atoms with Crippen molar-refractivity contribution in [2.45, 2.75) is 38.6 Å². The highest BCUT2D eigenvalue weighted by Crippen LogP contribution is 2.31. The van der Waals surface area contributed by atoms with Crippen LogP contribution >= 0.6 is 0 Å². The van der Waals surface area contributed by atoms with Crippen LogP contribution in [0.4, 0.5) is 0 Å². The van der Waals surface area contributed by atoms with Crippen LogP contribution < -0.4 is 0 Å². The van der Waals surface area contributed by atoms with Crippen molar-refractivity contribution in [3.8, 4) is 0 Å². The molecule has 4 rings (SSSR count). The van der Waals surface area contributed by atoms with E-state index in [2.05, 4.69) is 34.0 Å². The smallest absolute Gasteiger partial charge is 0.272 e. The van der Waals surface area contributed by atoms with Crippen molar-refractivity contribution in [1.29, 1.82) is 0 Å². The Bertz CT molecular complexity index is 852. The van der Waals surface area contributed by atoms with Gasteiger partial charge in [0.25, 0.3) is 5.91 Å². The van der Waals surface area contributed by atoms with Crippen LogP contribution in [0.2, 0.25) is 0 Å². The monoisotopic (exact) mass is 370 g/mol. The van der Waals surface area contributed by atoms with E-state index in [1.54, 1.807) is 4.52 Å². The summed E-state index contributed by atoms with van der Waals surface area (Å²) in [5.74, 6) is 0.0491. The Hall–Kier alpha value is -1.99. The highest BCUT2D eigenvalue weighted by atomic mass is 16.2. The molecule has 2 aliphatic heterocycles. The maximum absolute atomic E-state index is 13.4. The van der Waals surface area contributed by atoms with E-state index in [-0.39, 0.29) is 11.4 Å². The van der Waals surface area contributed by atoms with E-state index in [1.165, 1.54) is 0 Å². The molecular weight excluding hydrogens is 340 g/mol. The lowest BCUT2D eigenvalue weighted by Gasteiger charge is -2.47. The van der Waals surface area contributed by atoms with Gasteiger partial charge in [0.05, 0.1) is 5.69 Å². The van der Waals surface area contributed by atoms with Crippen molar-refractivity contribution in [2.24, 2.45) is 0 Å². The summed E-state index contributed by atoms with van der Waals surface area (Å²) in [5.41, 5.74) is 3.23. The summed E-state index contributed by atoms with van der Waals surface area (Å²) in [6, 6.07) is 3.80. The van der Waals surface area contributed by atoms with Crippen LogP contribution in [0.1, 0.15) is 41.1 Å². The van der Waals surface area contributed by atoms with Gasteiger partial charge in [-0.3, -0.25) is 9.69 Å². The Labute approximate surface area is 160 Å². The lowest BCUT2D eigenvalue weighted by molar-refractivity contribution is 0.0314. The topological polar surface area (TPSA) is 57.0 Å². The molecule has 1 amide bonds. The number of likely N-dealkylation sites (tertiary alicyclic amines) is 1. The molecule has 0 aromatic carbocycles. The summed E-state index contributed by atoms with van der Waals surface area (Å²) in [6.45, 7) is 8.73. The Kier molecular flexibility index (Phi) is 4.68. The summed E-state index contributed by atoms with van der Waals surface area (Å²) < 4.78 is 1.81. The Morgan fingerprint density at radius 3 is 2.56 bits per heavy atom. The van der Waals surface area contributed by atoms with Gasteiger partial charge in [0.1, 0.15) is 5.69 Å². The van der Waals surface area contributed by atoms with E-state index in [9.17, 15) is 4.79 Å². The van der Waals surface area contributed by atoms with E-state index in [0.29, 0.717) is 5.69 Å². The molecule has 2 aromatic heterocycles. The number of piperidine rings is 1. The highest BCUT2D eigenvalue weighted by molar-refractivity contribution is 5.93. The number of fused-ring (bicyclic) bond motifs is 1. The number of hydrogen-bond acceptors (Lipinski definition) is 5. The standard InChI is InChI=1S/C20H30N6O/c1-15-12-18-21-17(13-16(2)26(18)22-15)19(27)25-9-5-8-24(4)20(14-25)6-10-23(3)11-7-20/h12-13H,5-11,14H2,1-4H3. The van der Waals surface area contributed by atoms with Crippen molar-refractivity contribution >= 4 is 11.6 Å². The normalized spacial score (nSPS) is 21.7. The SMILES string of the molecule is Cc1cc2nc(C(=O)N3CCCN(C)C4(CCN(C)CC4)C3)cc(C)n2n1. The Morgan fingerprint density at radius 2 is 1.81 bits per heavy atom. The van der Waals surface area contributed by atoms with E-state index in [0.717, 1.165) is 69.0 Å². The second-order valence-electron chi connectivity index (χ2n) is 8.37. The summed E-state index contributed by atoms with van der Waals surface area (Å²) in [6.07, 6.45) is 3.22. The van der Waals surface area contributed by atoms with Gasteiger partial charge in [-0.2, -0.15) is 5.10 Å². The molecule has 0 atom stereocenters. The molecule has 0 radical (unpaired) electrons. The van der Waals surface area contributed by atoms with Crippen molar-refractivity contribution in [1.82, 2.24) is 29.3 Å². The minimum atomic E-state index is 0.0491. The van der Waals surface area contributed by atoms with Crippen LogP contribution in [0.5, 0.6) is 0 Å². The molecule has 2 fully saturated rings. The molecule has 2 aliphatic rings. The average molecular weight is 371 g/mol. The van der Waals surface area contributed by atoms with E-state index < -0.39 is 0 Å². The zero-order valence-corrected chi connectivity index (χ0v) is 16.9. The summed E-state index contributed by atoms with van der Waals surface area (Å²) in [7, 11) is 4.41. The first kappa shape index (κ1) is 18.4. The number of carbonyl (C=O) groups is 1. The first-order valence-corrected chi connectivity index (χ1v) is 9.91. The molecule has 0 saturated carbocycles. The van der Waals surface area contributed by atoms with E-state index in [4.69, 9.17) is 0 Å². The predicted octanol–water partition coefficient (Wildman–Crippen LogP) is 1.59. The molecule has 7 nitrogen and oxygen atoms in total. The molecule has 2 aromatic rings. The maximum Gasteiger partial charge on any atom is 0.272 e. The van der Waals surface area contributed by atoms with Crippen LogP contribution in [0.25, 0.3) is 5.65 Å². The number of rotatable bonds is 1. The molecule has 0 unspecified atom stereocenters. The molecule has 0 aliphatic carbocycles. The summed E-state index contributed by atoms with van der Waals surface area (Å²) in [4.78, 5) is 24.9. The Balaban J connectivity index is 1.62. The van der Waals surface area contributed by atoms with Crippen LogP contribution in [0.3, 0.4) is 0 Å². The fraction of sp³-hybridized carbons (Fsp3) is 0.650. The lowest BCUT2D eigenvalue weighted by Crippen LogP contribution is -2.58. The number of nitrogens with zero attached hydrogens (tertiary/aromatic N) is 6. The van der Waals surface area contributed by atoms with Gasteiger partial charge in [0.2, 0.25) is 0 Å². The number of likely N-dealkylation sites (N-methyl/N-ethyl adjacent to an activating group) is 1. The molecule has 146 valence electrons. The number of aromatic nitrogens is 3. The van der Waals surface area contributed by atoms with Crippen LogP contribution in [-0.4, -0.2) is 87.6 Å². The fourth-order valence-corrected chi connectivity index (χ4v) is 4.55. The summed E-state index contributed by atoms with van der Waals surface area (Å²) in [5, 5.41) is 4.44. The van der Waals surface area contributed by atoms with Crippen molar-refractivity contribution in [3.63, 3.8) is 0 Å². The van der Waals surface area contributed by atoms with E-state index in [1.807, 2.05) is 30.9 Å². The number of aryl methyl sites for hydroxylation is 2. The van der Waals surface area contributed by atoms with Gasteiger partial charge >= 0.3 is 0 Å². The second kappa shape index (κ2) is 6.87. The first-order chi connectivity index (χ1) is 12.9. The average Bonchev–Trinajstić information content (AvgIpc) is 2.95. The molecule has 7 heteroatoms. The molecule has 0 N–H and O–H groups in total. The molecule has 2 saturated heterocycles. The quantitative estimate of drug-likeness (QED) is 0.763. The molecule has 4 heterocycles. The zero-order valence-electron chi connectivity index (χ0n) is 16.9. The maximum atomic E-state index is 13.4. The van der Waals surface area contributed by atoms with Gasteiger partial charge < -0.3 is 9.80 Å². The van der Waals surface area contributed by atoms with Gasteiger partial charge in [-0.15, -0.1) is 0 Å². The number of carbonyl (C=O) groups excluding carboxylic acids is 1. The largest absolute Gasteiger partial charge is 0.335 e. The molecule has 27 heavy (non-hydrogen) atoms. The van der Waals surface area contributed by atoms with Gasteiger partial charge in [-0.05, 0) is 66.4 Å². The minimum Gasteiger partial charge on any atom is -0.335 e. The second-order valence-corrected chi connectivity index (χ2v) is 8.37. The van der Waals surface area contributed by atoms with Crippen LogP contribution in [0, 0.1) is 13.8 Å². The van der Waals surface area contributed by atoms with E-state index >= 15 is 0 Å². The minimum absolute atomic E-state index is 0.0491. The fourth-order valence-electron chi connectivity index (χ4n) is 4.55. The van der Waals surface area contributed by atoms with Crippen molar-refractivity contribution in [2.75, 3.05) is 46.8 Å². The predicted molar refractivity (Wildman–Crippen MR) is 105 cm³/mol. The van der Waals surface area contributed by atoms with Gasteiger partial charge in [-0.1, -0.05) is 0 Å².